The molecule has 0 radical (unpaired) electrons. The van der Waals surface area contributed by atoms with E-state index in [-0.39, 0.29) is 30.4 Å². The van der Waals surface area contributed by atoms with Gasteiger partial charge in [0.1, 0.15) is 0 Å². The van der Waals surface area contributed by atoms with Crippen molar-refractivity contribution in [2.75, 3.05) is 14.2 Å². The van der Waals surface area contributed by atoms with Crippen LogP contribution in [0.5, 0.6) is 11.5 Å². The topological polar surface area (TPSA) is 64.2 Å². The molecule has 0 aliphatic carbocycles. The number of methoxy groups -OCH3 is 2. The quantitative estimate of drug-likeness (QED) is 0.384. The molecule has 0 fully saturated rings. The molecule has 0 aliphatic heterocycles. The number of aromatic nitrogens is 2. The molecule has 0 bridgehead atoms. The number of nitrogens with one attached hydrogen (secondary N) is 1. The van der Waals surface area contributed by atoms with Crippen LogP contribution in [-0.4, -0.2) is 24.2 Å². The first-order chi connectivity index (χ1) is 14.5. The fraction of sp³-hybridized carbons (Fsp3) is 0.280. The lowest BCUT2D eigenvalue weighted by Crippen LogP contribution is -2.16. The Labute approximate surface area is 200 Å². The van der Waals surface area contributed by atoms with E-state index in [9.17, 15) is 4.79 Å². The van der Waals surface area contributed by atoms with Gasteiger partial charge in [0.2, 0.25) is 0 Å². The number of pyridine rings is 2. The minimum absolute atomic E-state index is 0. The highest BCUT2D eigenvalue weighted by Crippen LogP contribution is 2.35. The van der Waals surface area contributed by atoms with Crippen molar-refractivity contribution in [2.45, 2.75) is 33.1 Å². The van der Waals surface area contributed by atoms with Gasteiger partial charge in [-0.05, 0) is 54.6 Å². The van der Waals surface area contributed by atoms with Gasteiger partial charge in [-0.3, -0.25) is 9.78 Å². The molecule has 0 aliphatic rings. The molecule has 170 valence electrons. The normalized spacial score (nSPS) is 10.5. The van der Waals surface area contributed by atoms with E-state index < -0.39 is 0 Å². The van der Waals surface area contributed by atoms with Gasteiger partial charge in [0, 0.05) is 34.1 Å². The Hall–Kier alpha value is -2.76. The molecule has 2 aromatic carbocycles. The molecule has 4 rings (SSSR count). The summed E-state index contributed by atoms with van der Waals surface area (Å²) in [7, 11) is 3.24. The number of H-pyrrole nitrogens is 1. The first-order valence-corrected chi connectivity index (χ1v) is 10.2. The summed E-state index contributed by atoms with van der Waals surface area (Å²) in [6, 6.07) is 14.1. The lowest BCUT2D eigenvalue weighted by Gasteiger charge is -2.15. The van der Waals surface area contributed by atoms with Gasteiger partial charge in [-0.1, -0.05) is 25.5 Å². The van der Waals surface area contributed by atoms with Gasteiger partial charge in [-0.2, -0.15) is 0 Å². The molecule has 0 saturated heterocycles. The third-order valence-electron chi connectivity index (χ3n) is 5.49. The maximum atomic E-state index is 13.1. The average molecular weight is 475 g/mol. The van der Waals surface area contributed by atoms with Crippen molar-refractivity contribution < 1.29 is 9.47 Å². The second kappa shape index (κ2) is 10.7. The predicted molar refractivity (Wildman–Crippen MR) is 135 cm³/mol. The van der Waals surface area contributed by atoms with Crippen molar-refractivity contribution in [3.05, 3.63) is 75.3 Å². The summed E-state index contributed by atoms with van der Waals surface area (Å²) in [5.74, 6) is 1.28. The highest BCUT2D eigenvalue weighted by molar-refractivity contribution is 5.91. The van der Waals surface area contributed by atoms with Gasteiger partial charge >= 0.3 is 0 Å². The lowest BCUT2D eigenvalue weighted by molar-refractivity contribution is 0.356. The highest BCUT2D eigenvalue weighted by Gasteiger charge is 2.16. The van der Waals surface area contributed by atoms with E-state index >= 15 is 0 Å². The van der Waals surface area contributed by atoms with E-state index in [0.29, 0.717) is 17.9 Å². The largest absolute Gasteiger partial charge is 0.493 e. The van der Waals surface area contributed by atoms with Gasteiger partial charge < -0.3 is 14.5 Å². The van der Waals surface area contributed by atoms with E-state index in [2.05, 4.69) is 29.0 Å². The van der Waals surface area contributed by atoms with Gasteiger partial charge in [0.25, 0.3) is 5.56 Å². The predicted octanol–water partition coefficient (Wildman–Crippen LogP) is 5.79. The molecule has 2 aromatic heterocycles. The SMILES string of the molecule is CCCc1[nH]c(=O)c(Cc2ccc3nc(C)ccc3c2)c2cc(OC)c(OC)cc12.Cl.Cl. The first-order valence-electron chi connectivity index (χ1n) is 10.2. The Balaban J connectivity index is 0.00000181. The fourth-order valence-corrected chi connectivity index (χ4v) is 3.99. The average Bonchev–Trinajstić information content (AvgIpc) is 2.75. The van der Waals surface area contributed by atoms with Crippen molar-refractivity contribution in [3.63, 3.8) is 0 Å². The molecule has 1 N–H and O–H groups in total. The number of hydrogen-bond donors (Lipinski definition) is 1. The van der Waals surface area contributed by atoms with Crippen LogP contribution in [0, 0.1) is 6.92 Å². The first kappa shape index (κ1) is 25.5. The Morgan fingerprint density at radius 3 is 2.28 bits per heavy atom. The van der Waals surface area contributed by atoms with Crippen LogP contribution < -0.4 is 15.0 Å². The number of rotatable bonds is 6. The maximum Gasteiger partial charge on any atom is 0.252 e. The highest BCUT2D eigenvalue weighted by atomic mass is 35.5. The van der Waals surface area contributed by atoms with Gasteiger partial charge in [-0.25, -0.2) is 0 Å². The molecule has 0 unspecified atom stereocenters. The van der Waals surface area contributed by atoms with Crippen LogP contribution in [0.3, 0.4) is 0 Å². The number of halogens is 2. The van der Waals surface area contributed by atoms with Crippen LogP contribution in [0.25, 0.3) is 21.7 Å². The standard InChI is InChI=1S/C25H26N2O3.2ClH/c1-5-6-22-19-14-24(30-4)23(29-3)13-18(19)20(25(28)27-22)12-16-8-10-21-17(11-16)9-7-15(2)26-21;;/h7-11,13-14H,5-6,12H2,1-4H3,(H,27,28);2*1H. The second-order valence-electron chi connectivity index (χ2n) is 7.57. The van der Waals surface area contributed by atoms with Crippen molar-refractivity contribution in [3.8, 4) is 11.5 Å². The Kier molecular flexibility index (Phi) is 8.53. The Bertz CT molecular complexity index is 1300. The molecule has 32 heavy (non-hydrogen) atoms. The number of ether oxygens (including phenoxy) is 2. The van der Waals surface area contributed by atoms with Crippen molar-refractivity contribution in [1.29, 1.82) is 0 Å². The summed E-state index contributed by atoms with van der Waals surface area (Å²) in [4.78, 5) is 20.7. The van der Waals surface area contributed by atoms with Crippen molar-refractivity contribution >= 4 is 46.5 Å². The number of aryl methyl sites for hydroxylation is 2. The van der Waals surface area contributed by atoms with E-state index in [1.807, 2.05) is 37.3 Å². The smallest absolute Gasteiger partial charge is 0.252 e. The third kappa shape index (κ3) is 4.84. The summed E-state index contributed by atoms with van der Waals surface area (Å²) < 4.78 is 11.0. The minimum atomic E-state index is -0.0553. The van der Waals surface area contributed by atoms with E-state index in [0.717, 1.165) is 57.0 Å². The van der Waals surface area contributed by atoms with Gasteiger partial charge in [-0.15, -0.1) is 24.8 Å². The number of benzene rings is 2. The van der Waals surface area contributed by atoms with E-state index in [1.165, 1.54) is 0 Å². The number of hydrogen-bond acceptors (Lipinski definition) is 4. The van der Waals surface area contributed by atoms with Crippen LogP contribution in [-0.2, 0) is 12.8 Å². The molecule has 0 saturated carbocycles. The summed E-state index contributed by atoms with van der Waals surface area (Å²) in [5.41, 5.74) is 4.62. The fourth-order valence-electron chi connectivity index (χ4n) is 3.99. The summed E-state index contributed by atoms with van der Waals surface area (Å²) in [6.07, 6.45) is 2.26. The molecule has 2 heterocycles. The Morgan fingerprint density at radius 1 is 0.938 bits per heavy atom. The molecular formula is C25H28Cl2N2O3. The van der Waals surface area contributed by atoms with Crippen LogP contribution in [0.15, 0.2) is 47.3 Å². The zero-order chi connectivity index (χ0) is 21.3. The molecule has 0 atom stereocenters. The van der Waals surface area contributed by atoms with Crippen LogP contribution in [0.1, 0.15) is 35.9 Å². The number of fused-ring (bicyclic) bond motifs is 2. The van der Waals surface area contributed by atoms with Crippen LogP contribution in [0.4, 0.5) is 0 Å². The summed E-state index contributed by atoms with van der Waals surface area (Å²) in [5, 5.41) is 2.98. The van der Waals surface area contributed by atoms with Crippen molar-refractivity contribution in [1.82, 2.24) is 9.97 Å². The zero-order valence-corrected chi connectivity index (χ0v) is 20.3. The zero-order valence-electron chi connectivity index (χ0n) is 18.7. The summed E-state index contributed by atoms with van der Waals surface area (Å²) in [6.45, 7) is 4.09. The number of aromatic amines is 1. The van der Waals surface area contributed by atoms with Gasteiger partial charge in [0.15, 0.2) is 11.5 Å². The Morgan fingerprint density at radius 2 is 1.62 bits per heavy atom. The van der Waals surface area contributed by atoms with E-state index in [1.54, 1.807) is 14.2 Å². The maximum absolute atomic E-state index is 13.1. The minimum Gasteiger partial charge on any atom is -0.493 e. The third-order valence-corrected chi connectivity index (χ3v) is 5.49. The molecule has 0 spiro atoms. The molecule has 5 nitrogen and oxygen atoms in total. The van der Waals surface area contributed by atoms with Gasteiger partial charge in [0.05, 0.1) is 19.7 Å². The number of nitrogens with zero attached hydrogens (tertiary/aromatic N) is 1. The molecule has 7 heteroatoms. The molecular weight excluding hydrogens is 447 g/mol. The van der Waals surface area contributed by atoms with Crippen LogP contribution in [0.2, 0.25) is 0 Å². The van der Waals surface area contributed by atoms with Crippen LogP contribution >= 0.6 is 24.8 Å². The lowest BCUT2D eigenvalue weighted by atomic mass is 9.96. The second-order valence-corrected chi connectivity index (χ2v) is 7.57. The monoisotopic (exact) mass is 474 g/mol. The molecule has 4 aromatic rings. The molecule has 0 amide bonds. The van der Waals surface area contributed by atoms with E-state index in [4.69, 9.17) is 9.47 Å². The summed E-state index contributed by atoms with van der Waals surface area (Å²) >= 11 is 0. The van der Waals surface area contributed by atoms with Crippen molar-refractivity contribution in [2.24, 2.45) is 0 Å².